The lowest BCUT2D eigenvalue weighted by Crippen LogP contribution is -2.15. The van der Waals surface area contributed by atoms with Gasteiger partial charge in [-0.2, -0.15) is 0 Å². The van der Waals surface area contributed by atoms with Gasteiger partial charge in [0.05, 0.1) is 6.04 Å². The highest BCUT2D eigenvalue weighted by atomic mass is 35.5. The molecule has 0 bridgehead atoms. The quantitative estimate of drug-likeness (QED) is 0.799. The maximum Gasteiger partial charge on any atom is 0.159 e. The Balaban J connectivity index is 2.22. The van der Waals surface area contributed by atoms with E-state index in [2.05, 4.69) is 10.3 Å². The molecular formula is C11H12ClN3O. The lowest BCUT2D eigenvalue weighted by atomic mass is 10.2. The fourth-order valence-electron chi connectivity index (χ4n) is 2.25. The van der Waals surface area contributed by atoms with Crippen LogP contribution >= 0.6 is 11.6 Å². The van der Waals surface area contributed by atoms with Gasteiger partial charge < -0.3 is 10.4 Å². The molecule has 1 aliphatic rings. The van der Waals surface area contributed by atoms with Gasteiger partial charge in [0, 0.05) is 6.20 Å². The van der Waals surface area contributed by atoms with E-state index >= 15 is 0 Å². The van der Waals surface area contributed by atoms with Crippen LogP contribution in [0.1, 0.15) is 24.7 Å². The predicted molar refractivity (Wildman–Crippen MR) is 61.8 cm³/mol. The molecule has 0 aromatic carbocycles. The lowest BCUT2D eigenvalue weighted by molar-refractivity contribution is 0.478. The first-order valence-electron chi connectivity index (χ1n) is 5.36. The van der Waals surface area contributed by atoms with Gasteiger partial charge >= 0.3 is 0 Å². The number of fused-ring (bicyclic) bond motifs is 1. The number of nitrogens with zero attached hydrogens (tertiary/aromatic N) is 2. The number of pyridine rings is 1. The number of hydrogen-bond acceptors (Lipinski definition) is 3. The first-order chi connectivity index (χ1) is 7.77. The Labute approximate surface area is 97.9 Å². The first-order valence-corrected chi connectivity index (χ1v) is 5.74. The summed E-state index contributed by atoms with van der Waals surface area (Å²) in [5.74, 6) is 1.05. The van der Waals surface area contributed by atoms with Crippen molar-refractivity contribution in [1.82, 2.24) is 14.7 Å². The topological polar surface area (TPSA) is 49.6 Å². The van der Waals surface area contributed by atoms with Crippen molar-refractivity contribution < 1.29 is 5.11 Å². The molecule has 1 aliphatic heterocycles. The van der Waals surface area contributed by atoms with Crippen molar-refractivity contribution in [1.29, 1.82) is 0 Å². The van der Waals surface area contributed by atoms with Gasteiger partial charge in [0.15, 0.2) is 5.15 Å². The molecular weight excluding hydrogens is 226 g/mol. The number of rotatable bonds is 1. The third-order valence-corrected chi connectivity index (χ3v) is 3.26. The Morgan fingerprint density at radius 2 is 2.44 bits per heavy atom. The zero-order valence-electron chi connectivity index (χ0n) is 8.65. The number of aromatic nitrogens is 2. The zero-order valence-corrected chi connectivity index (χ0v) is 9.41. The van der Waals surface area contributed by atoms with E-state index in [1.54, 1.807) is 12.1 Å². The summed E-state index contributed by atoms with van der Waals surface area (Å²) in [5.41, 5.74) is 0.591. The first kappa shape index (κ1) is 9.93. The monoisotopic (exact) mass is 237 g/mol. The highest BCUT2D eigenvalue weighted by Crippen LogP contribution is 2.31. The van der Waals surface area contributed by atoms with E-state index in [4.69, 9.17) is 11.6 Å². The van der Waals surface area contributed by atoms with Gasteiger partial charge in [0.1, 0.15) is 17.1 Å². The van der Waals surface area contributed by atoms with Crippen molar-refractivity contribution in [2.45, 2.75) is 18.9 Å². The Kier molecular flexibility index (Phi) is 2.26. The van der Waals surface area contributed by atoms with E-state index in [9.17, 15) is 5.11 Å². The molecule has 3 rings (SSSR count). The smallest absolute Gasteiger partial charge is 0.159 e. The maximum absolute atomic E-state index is 9.74. The second-order valence-electron chi connectivity index (χ2n) is 4.02. The van der Waals surface area contributed by atoms with Gasteiger partial charge in [0.25, 0.3) is 0 Å². The van der Waals surface area contributed by atoms with Crippen LogP contribution in [0.3, 0.4) is 0 Å². The summed E-state index contributed by atoms with van der Waals surface area (Å²) in [5, 5.41) is 13.5. The Bertz CT molecular complexity index is 531. The van der Waals surface area contributed by atoms with E-state index in [0.29, 0.717) is 10.7 Å². The summed E-state index contributed by atoms with van der Waals surface area (Å²) in [6.07, 6.45) is 4.09. The fraction of sp³-hybridized carbons (Fsp3) is 0.364. The molecule has 4 nitrogen and oxygen atoms in total. The Hall–Kier alpha value is -1.26. The summed E-state index contributed by atoms with van der Waals surface area (Å²) in [6.45, 7) is 1.01. The highest BCUT2D eigenvalue weighted by molar-refractivity contribution is 6.33. The van der Waals surface area contributed by atoms with Crippen LogP contribution in [0.5, 0.6) is 5.75 Å². The van der Waals surface area contributed by atoms with Crippen LogP contribution in [0.2, 0.25) is 5.15 Å². The summed E-state index contributed by atoms with van der Waals surface area (Å²) in [6, 6.07) is 3.65. The molecule has 0 aliphatic carbocycles. The van der Waals surface area contributed by atoms with Crippen LogP contribution in [0.15, 0.2) is 18.3 Å². The second kappa shape index (κ2) is 3.64. The van der Waals surface area contributed by atoms with E-state index in [1.807, 2.05) is 10.6 Å². The van der Waals surface area contributed by atoms with Crippen molar-refractivity contribution in [3.8, 4) is 5.75 Å². The highest BCUT2D eigenvalue weighted by Gasteiger charge is 2.23. The summed E-state index contributed by atoms with van der Waals surface area (Å²) < 4.78 is 1.86. The molecule has 1 unspecified atom stereocenters. The van der Waals surface area contributed by atoms with Crippen LogP contribution < -0.4 is 5.32 Å². The largest absolute Gasteiger partial charge is 0.506 e. The number of hydrogen-bond donors (Lipinski definition) is 2. The van der Waals surface area contributed by atoms with Crippen LogP contribution in [0.4, 0.5) is 0 Å². The van der Waals surface area contributed by atoms with E-state index in [-0.39, 0.29) is 11.8 Å². The van der Waals surface area contributed by atoms with Crippen molar-refractivity contribution in [3.05, 3.63) is 29.3 Å². The number of nitrogens with one attached hydrogen (secondary N) is 1. The Morgan fingerprint density at radius 1 is 1.56 bits per heavy atom. The SMILES string of the molecule is Oc1cccn2c(C3CCCN3)nc(Cl)c12. The fourth-order valence-corrected chi connectivity index (χ4v) is 2.53. The molecule has 3 heterocycles. The molecule has 1 atom stereocenters. The lowest BCUT2D eigenvalue weighted by Gasteiger charge is -2.08. The van der Waals surface area contributed by atoms with Crippen molar-refractivity contribution in [2.24, 2.45) is 0 Å². The van der Waals surface area contributed by atoms with Crippen LogP contribution in [-0.4, -0.2) is 21.0 Å². The number of aromatic hydroxyl groups is 1. The normalized spacial score (nSPS) is 20.7. The summed E-state index contributed by atoms with van der Waals surface area (Å²) in [7, 11) is 0. The number of imidazole rings is 1. The summed E-state index contributed by atoms with van der Waals surface area (Å²) in [4.78, 5) is 4.34. The molecule has 2 N–H and O–H groups in total. The number of halogens is 1. The molecule has 0 saturated carbocycles. The second-order valence-corrected chi connectivity index (χ2v) is 4.38. The predicted octanol–water partition coefficient (Wildman–Crippen LogP) is 2.12. The van der Waals surface area contributed by atoms with E-state index < -0.39 is 0 Å². The molecule has 2 aromatic rings. The molecule has 0 radical (unpaired) electrons. The zero-order chi connectivity index (χ0) is 11.1. The molecule has 0 amide bonds. The van der Waals surface area contributed by atoms with Crippen LogP contribution in [-0.2, 0) is 0 Å². The standard InChI is InChI=1S/C11H12ClN3O/c12-10-9-8(16)4-2-6-15(9)11(14-10)7-3-1-5-13-7/h2,4,6-7,13,16H,1,3,5H2. The van der Waals surface area contributed by atoms with Gasteiger partial charge in [-0.05, 0) is 31.5 Å². The average molecular weight is 238 g/mol. The van der Waals surface area contributed by atoms with E-state index in [0.717, 1.165) is 25.2 Å². The van der Waals surface area contributed by atoms with Gasteiger partial charge in [-0.15, -0.1) is 0 Å². The third-order valence-electron chi connectivity index (χ3n) is 3.00. The van der Waals surface area contributed by atoms with Gasteiger partial charge in [0.2, 0.25) is 0 Å². The molecule has 16 heavy (non-hydrogen) atoms. The van der Waals surface area contributed by atoms with Crippen molar-refractivity contribution >= 4 is 17.1 Å². The molecule has 1 saturated heterocycles. The molecule has 1 fully saturated rings. The molecule has 0 spiro atoms. The third kappa shape index (κ3) is 1.37. The molecule has 2 aromatic heterocycles. The van der Waals surface area contributed by atoms with Crippen LogP contribution in [0, 0.1) is 0 Å². The summed E-state index contributed by atoms with van der Waals surface area (Å²) >= 11 is 6.04. The Morgan fingerprint density at radius 3 is 3.19 bits per heavy atom. The molecule has 5 heteroatoms. The average Bonchev–Trinajstić information content (AvgIpc) is 2.86. The van der Waals surface area contributed by atoms with Gasteiger partial charge in [-0.1, -0.05) is 11.6 Å². The minimum Gasteiger partial charge on any atom is -0.506 e. The van der Waals surface area contributed by atoms with Crippen molar-refractivity contribution in [2.75, 3.05) is 6.54 Å². The minimum absolute atomic E-state index is 0.171. The maximum atomic E-state index is 9.74. The minimum atomic E-state index is 0.171. The molecule has 84 valence electrons. The van der Waals surface area contributed by atoms with Gasteiger partial charge in [-0.25, -0.2) is 4.98 Å². The van der Waals surface area contributed by atoms with E-state index in [1.165, 1.54) is 0 Å². The van der Waals surface area contributed by atoms with Gasteiger partial charge in [-0.3, -0.25) is 4.40 Å². The van der Waals surface area contributed by atoms with Crippen molar-refractivity contribution in [3.63, 3.8) is 0 Å². The van der Waals surface area contributed by atoms with Crippen LogP contribution in [0.25, 0.3) is 5.52 Å².